The third-order valence-corrected chi connectivity index (χ3v) is 24.1. The highest BCUT2D eigenvalue weighted by molar-refractivity contribution is 6.87. The van der Waals surface area contributed by atoms with Gasteiger partial charge in [0.1, 0.15) is 42.3 Å². The van der Waals surface area contributed by atoms with Gasteiger partial charge in [-0.1, -0.05) is 117 Å². The van der Waals surface area contributed by atoms with Crippen LogP contribution in [0.5, 0.6) is 0 Å². The molecule has 9 atom stereocenters. The Hall–Kier alpha value is -9.72. The molecular weight excluding hydrogens is 1370 g/mol. The third-order valence-electron chi connectivity index (χ3n) is 19.3. The largest absolute Gasteiger partial charge is 0.427 e. The fourth-order valence-electron chi connectivity index (χ4n) is 12.5. The zero-order valence-electron chi connectivity index (χ0n) is 62.7. The predicted octanol–water partition coefficient (Wildman–Crippen LogP) is 0.624. The minimum absolute atomic E-state index is 0.00192. The second-order valence-electron chi connectivity index (χ2n) is 28.8. The number of imidazole rings is 1. The van der Waals surface area contributed by atoms with Crippen LogP contribution in [0.2, 0.25) is 11.1 Å². The number of fused-ring (bicyclic) bond motifs is 1. The molecule has 31 nitrogen and oxygen atoms in total. The molecular formula is C73H114N18O13Si. The summed E-state index contributed by atoms with van der Waals surface area (Å²) < 4.78 is 1.69. The summed E-state index contributed by atoms with van der Waals surface area (Å²) in [5.74, 6) is -8.49. The quantitative estimate of drug-likeness (QED) is 0.0125. The van der Waals surface area contributed by atoms with Crippen LogP contribution in [0.1, 0.15) is 163 Å². The number of hydrogen-bond donors (Lipinski definition) is 15. The molecule has 578 valence electrons. The Kier molecular flexibility index (Phi) is 34.1. The number of aromatic nitrogens is 3. The number of rotatable bonds is 46. The van der Waals surface area contributed by atoms with Crippen LogP contribution in [0.3, 0.4) is 0 Å². The van der Waals surface area contributed by atoms with E-state index in [2.05, 4.69) is 62.8 Å². The van der Waals surface area contributed by atoms with Crippen molar-refractivity contribution in [3.05, 3.63) is 84.1 Å². The van der Waals surface area contributed by atoms with Crippen molar-refractivity contribution in [3.8, 4) is 0 Å². The van der Waals surface area contributed by atoms with E-state index in [0.29, 0.717) is 53.8 Å². The van der Waals surface area contributed by atoms with E-state index in [1.807, 2.05) is 71.9 Å². The predicted molar refractivity (Wildman–Crippen MR) is 401 cm³/mol. The molecule has 5 rings (SSSR count). The van der Waals surface area contributed by atoms with Gasteiger partial charge in [-0.2, -0.15) is 0 Å². The van der Waals surface area contributed by atoms with Crippen molar-refractivity contribution >= 4 is 101 Å². The lowest BCUT2D eigenvalue weighted by molar-refractivity contribution is -0.140. The SMILES string of the molecule is CCC(C)C(CCC(=O)N[C@@H](CC1CC1)C(N)=O)NC(=O)[C@H](Cc1cncn1C)NC(=O)CN(C)C(=O)[C@@H](NC(=O)[C@H](C)NC(=O)[C@H](Cc1c[nH]c2ccccc12)NC(=O)[C@H](CCC(N)=O)NC(=O)[C@H](CCCN=C(N)N)NC(=O)CCCCNC(=O)Cc1ccc([Si](O)(C(C)C)C(C)C)cc1)C(C)C. The lowest BCUT2D eigenvalue weighted by atomic mass is 9.94. The Morgan fingerprint density at radius 3 is 1.86 bits per heavy atom. The number of aryl methyl sites for hydroxylation is 1. The first-order valence-electron chi connectivity index (χ1n) is 36.5. The van der Waals surface area contributed by atoms with Gasteiger partial charge in [0, 0.05) is 94.3 Å². The average molecular weight is 1480 g/mol. The Labute approximate surface area is 616 Å². The van der Waals surface area contributed by atoms with Gasteiger partial charge in [-0.3, -0.25) is 62.5 Å². The van der Waals surface area contributed by atoms with Crippen LogP contribution in [0.15, 0.2) is 72.2 Å². The summed E-state index contributed by atoms with van der Waals surface area (Å²) in [4.78, 5) is 188. The van der Waals surface area contributed by atoms with E-state index in [-0.39, 0.29) is 106 Å². The molecule has 1 aliphatic rings. The summed E-state index contributed by atoms with van der Waals surface area (Å²) in [6.07, 6.45) is 8.09. The van der Waals surface area contributed by atoms with E-state index in [1.165, 1.54) is 14.0 Å². The maximum Gasteiger partial charge on any atom is 0.245 e. The smallest absolute Gasteiger partial charge is 0.245 e. The number of para-hydroxylation sites is 1. The molecule has 0 radical (unpaired) electrons. The number of hydrogen-bond acceptors (Lipinski definition) is 15. The maximum atomic E-state index is 14.6. The molecule has 2 heterocycles. The number of amides is 12. The highest BCUT2D eigenvalue weighted by Gasteiger charge is 2.41. The Morgan fingerprint density at radius 1 is 0.657 bits per heavy atom. The van der Waals surface area contributed by atoms with Crippen LogP contribution in [0.25, 0.3) is 10.9 Å². The van der Waals surface area contributed by atoms with Crippen molar-refractivity contribution in [3.63, 3.8) is 0 Å². The Balaban J connectivity index is 1.25. The van der Waals surface area contributed by atoms with Crippen LogP contribution >= 0.6 is 0 Å². The molecule has 1 fully saturated rings. The van der Waals surface area contributed by atoms with Crippen LogP contribution in [-0.4, -0.2) is 184 Å². The molecule has 12 amide bonds. The number of likely N-dealkylation sites (N-methyl/N-ethyl adjacent to an activating group) is 1. The summed E-state index contributed by atoms with van der Waals surface area (Å²) >= 11 is 0. The molecule has 32 heteroatoms. The number of benzene rings is 2. The summed E-state index contributed by atoms with van der Waals surface area (Å²) in [7, 11) is 0.335. The van der Waals surface area contributed by atoms with E-state index in [1.54, 1.807) is 62.4 Å². The summed E-state index contributed by atoms with van der Waals surface area (Å²) in [5.41, 5.74) is 25.2. The van der Waals surface area contributed by atoms with Crippen LogP contribution < -0.4 is 76.0 Å². The number of nitrogens with two attached hydrogens (primary N) is 4. The van der Waals surface area contributed by atoms with E-state index in [4.69, 9.17) is 22.9 Å². The third kappa shape index (κ3) is 27.7. The molecule has 1 aliphatic carbocycles. The Bertz CT molecular complexity index is 3640. The number of aromatic amines is 1. The topological polar surface area (TPSA) is 487 Å². The molecule has 0 saturated heterocycles. The molecule has 105 heavy (non-hydrogen) atoms. The number of carbonyl (C=O) groups is 12. The molecule has 2 aromatic heterocycles. The number of guanidine groups is 1. The molecule has 19 N–H and O–H groups in total. The van der Waals surface area contributed by atoms with E-state index in [0.717, 1.165) is 28.5 Å². The number of aliphatic imine (C=N–C) groups is 1. The molecule has 0 bridgehead atoms. The van der Waals surface area contributed by atoms with Crippen molar-refractivity contribution < 1.29 is 62.3 Å². The number of nitrogens with one attached hydrogen (secondary N) is 10. The number of H-pyrrole nitrogens is 1. The van der Waals surface area contributed by atoms with Crippen molar-refractivity contribution in [2.75, 3.05) is 26.7 Å². The number of unbranched alkanes of at least 4 members (excludes halogenated alkanes) is 1. The minimum atomic E-state index is -2.75. The van der Waals surface area contributed by atoms with Crippen LogP contribution in [-0.2, 0) is 83.8 Å². The summed E-state index contributed by atoms with van der Waals surface area (Å²) in [6, 6.07) is 5.34. The molecule has 0 aliphatic heterocycles. The zero-order chi connectivity index (χ0) is 77.8. The van der Waals surface area contributed by atoms with Crippen molar-refractivity contribution in [2.24, 2.45) is 52.7 Å². The fraction of sp³-hybridized carbons (Fsp3) is 0.589. The van der Waals surface area contributed by atoms with E-state index < -0.39 is 135 Å². The van der Waals surface area contributed by atoms with Gasteiger partial charge >= 0.3 is 0 Å². The lowest BCUT2D eigenvalue weighted by Gasteiger charge is -2.33. The van der Waals surface area contributed by atoms with Gasteiger partial charge in [0.2, 0.25) is 79.2 Å². The second kappa shape index (κ2) is 41.7. The van der Waals surface area contributed by atoms with Gasteiger partial charge in [-0.25, -0.2) is 4.98 Å². The molecule has 4 aromatic rings. The van der Waals surface area contributed by atoms with Gasteiger partial charge in [0.15, 0.2) is 5.96 Å². The first-order valence-corrected chi connectivity index (χ1v) is 38.6. The minimum Gasteiger partial charge on any atom is -0.427 e. The van der Waals surface area contributed by atoms with Crippen molar-refractivity contribution in [2.45, 2.75) is 224 Å². The maximum absolute atomic E-state index is 14.6. The van der Waals surface area contributed by atoms with Crippen molar-refractivity contribution in [1.82, 2.24) is 67.3 Å². The molecule has 1 saturated carbocycles. The average Bonchev–Trinajstić information content (AvgIpc) is 1.73. The van der Waals surface area contributed by atoms with Gasteiger partial charge < -0.3 is 90.0 Å². The molecule has 2 aromatic carbocycles. The second-order valence-corrected chi connectivity index (χ2v) is 33.3. The normalized spacial score (nSPS) is 14.8. The first-order chi connectivity index (χ1) is 49.6. The highest BCUT2D eigenvalue weighted by atomic mass is 28.4. The van der Waals surface area contributed by atoms with Crippen molar-refractivity contribution in [1.29, 1.82) is 0 Å². The number of primary amides is 2. The summed E-state index contributed by atoms with van der Waals surface area (Å²) in [5, 5.41) is 26.5. The van der Waals surface area contributed by atoms with Crippen LogP contribution in [0, 0.1) is 17.8 Å². The number of carbonyl (C=O) groups excluding carboxylic acids is 12. The van der Waals surface area contributed by atoms with Gasteiger partial charge in [-0.15, -0.1) is 0 Å². The lowest BCUT2D eigenvalue weighted by Crippen LogP contribution is -2.60. The highest BCUT2D eigenvalue weighted by Crippen LogP contribution is 2.34. The zero-order valence-corrected chi connectivity index (χ0v) is 63.7. The monoisotopic (exact) mass is 1480 g/mol. The molecule has 0 spiro atoms. The Morgan fingerprint density at radius 2 is 1.26 bits per heavy atom. The first kappa shape index (κ1) is 85.9. The fourth-order valence-corrected chi connectivity index (χ4v) is 15.8. The summed E-state index contributed by atoms with van der Waals surface area (Å²) in [6.45, 7) is 16.4. The van der Waals surface area contributed by atoms with E-state index >= 15 is 0 Å². The van der Waals surface area contributed by atoms with Gasteiger partial charge in [0.05, 0.1) is 19.3 Å². The van der Waals surface area contributed by atoms with Gasteiger partial charge in [0.25, 0.3) is 0 Å². The number of nitrogens with zero attached hydrogens (tertiary/aromatic N) is 4. The standard InChI is InChI=1S/C73H114N18O13Si/c1-12-45(8)53(29-31-62(94)84-57(66(75)97)34-47-22-23-47)86-71(102)59(37-50-39-78-41-91(50)11)85-64(96)40-90(10)72(103)65(42(2)3)89-67(98)46(9)82-70(101)58(36-49-38-81-54-19-14-13-18-52(49)54)88-69(100)56(28-30-60(74)92)87-68(99)55(20-17-33-80-73(76)77)83-61(93)21-15-16-32-79-63(95)35-48-24-26-51(27-25-48)105(104,43(4)5)44(6)7/h13-14,18-19,24-27,38-39,41-47,53,55-59,65,81,104H,12,15-17,20-23,28-37,40H2,1-11H3,(H2,74,92)(H2,75,97)(H,79,95)(H,82,101)(H,83,93)(H,84,94)(H,85,96)(H,86,102)(H,87,99)(H,88,100)(H,89,98)(H4,76,77,80)/t45?,46-,53?,55-,56-,57-,58-,59-,65-/m0/s1. The van der Waals surface area contributed by atoms with E-state index in [9.17, 15) is 62.3 Å². The molecule has 2 unspecified atom stereocenters. The van der Waals surface area contributed by atoms with Crippen LogP contribution in [0.4, 0.5) is 0 Å². The van der Waals surface area contributed by atoms with Gasteiger partial charge in [-0.05, 0) is 103 Å².